The lowest BCUT2D eigenvalue weighted by molar-refractivity contribution is -0.385. The number of hydrogen-bond donors (Lipinski definition) is 1. The largest absolute Gasteiger partial charge is 0.307 e. The Kier molecular flexibility index (Phi) is 4.60. The maximum atomic E-state index is 10.9. The van der Waals surface area contributed by atoms with E-state index in [2.05, 4.69) is 15.3 Å². The Bertz CT molecular complexity index is 616. The average Bonchev–Trinajstić information content (AvgIpc) is 2.42. The van der Waals surface area contributed by atoms with Gasteiger partial charge in [0.1, 0.15) is 0 Å². The van der Waals surface area contributed by atoms with Crippen LogP contribution in [0.1, 0.15) is 17.0 Å². The van der Waals surface area contributed by atoms with Crippen LogP contribution >= 0.6 is 11.6 Å². The van der Waals surface area contributed by atoms with Crippen molar-refractivity contribution in [3.63, 3.8) is 0 Å². The van der Waals surface area contributed by atoms with Gasteiger partial charge in [-0.2, -0.15) is 0 Å². The number of aryl methyl sites for hydroxylation is 1. The monoisotopic (exact) mass is 292 g/mol. The molecule has 0 aliphatic carbocycles. The van der Waals surface area contributed by atoms with Crippen molar-refractivity contribution in [2.45, 2.75) is 20.0 Å². The lowest BCUT2D eigenvalue weighted by atomic mass is 10.2. The van der Waals surface area contributed by atoms with Crippen LogP contribution in [0.15, 0.2) is 30.6 Å². The summed E-state index contributed by atoms with van der Waals surface area (Å²) in [6, 6.07) is 4.64. The molecule has 0 aliphatic rings. The second-order valence-electron chi connectivity index (χ2n) is 4.25. The van der Waals surface area contributed by atoms with Gasteiger partial charge in [-0.3, -0.25) is 20.1 Å². The summed E-state index contributed by atoms with van der Waals surface area (Å²) in [7, 11) is 0. The highest BCUT2D eigenvalue weighted by Gasteiger charge is 2.15. The van der Waals surface area contributed by atoms with E-state index in [4.69, 9.17) is 11.6 Å². The Morgan fingerprint density at radius 3 is 2.75 bits per heavy atom. The minimum absolute atomic E-state index is 0.0139. The number of aromatic nitrogens is 2. The molecule has 1 heterocycles. The standard InChI is InChI=1S/C13H13ClN4O2/c1-9-5-17-10(7-16-9)6-15-8-11-12(14)3-2-4-13(11)18(19)20/h2-5,7,15H,6,8H2,1H3. The zero-order valence-electron chi connectivity index (χ0n) is 10.8. The Hall–Kier alpha value is -2.05. The average molecular weight is 293 g/mol. The van der Waals surface area contributed by atoms with Crippen molar-refractivity contribution in [3.8, 4) is 0 Å². The van der Waals surface area contributed by atoms with Crippen LogP contribution in [0.5, 0.6) is 0 Å². The molecule has 20 heavy (non-hydrogen) atoms. The number of nitro benzene ring substituents is 1. The zero-order chi connectivity index (χ0) is 14.5. The van der Waals surface area contributed by atoms with Gasteiger partial charge in [-0.15, -0.1) is 0 Å². The van der Waals surface area contributed by atoms with E-state index >= 15 is 0 Å². The van der Waals surface area contributed by atoms with Gasteiger partial charge in [-0.1, -0.05) is 17.7 Å². The van der Waals surface area contributed by atoms with Gasteiger partial charge in [0.05, 0.1) is 26.9 Å². The van der Waals surface area contributed by atoms with Crippen molar-refractivity contribution >= 4 is 17.3 Å². The molecule has 1 N–H and O–H groups in total. The van der Waals surface area contributed by atoms with Gasteiger partial charge in [0.25, 0.3) is 5.69 Å². The summed E-state index contributed by atoms with van der Waals surface area (Å²) in [5.41, 5.74) is 2.10. The first-order valence-electron chi connectivity index (χ1n) is 5.98. The molecule has 0 spiro atoms. The lowest BCUT2D eigenvalue weighted by Gasteiger charge is -2.07. The number of hydrogen-bond acceptors (Lipinski definition) is 5. The molecule has 0 saturated carbocycles. The fourth-order valence-electron chi connectivity index (χ4n) is 1.72. The third-order valence-corrected chi connectivity index (χ3v) is 3.09. The van der Waals surface area contributed by atoms with Gasteiger partial charge in [-0.25, -0.2) is 0 Å². The van der Waals surface area contributed by atoms with Crippen molar-refractivity contribution in [2.24, 2.45) is 0 Å². The molecule has 1 aromatic heterocycles. The van der Waals surface area contributed by atoms with E-state index in [0.29, 0.717) is 23.7 Å². The van der Waals surface area contributed by atoms with Gasteiger partial charge in [0.2, 0.25) is 0 Å². The van der Waals surface area contributed by atoms with E-state index < -0.39 is 4.92 Å². The van der Waals surface area contributed by atoms with Crippen molar-refractivity contribution in [3.05, 3.63) is 62.7 Å². The fraction of sp³-hybridized carbons (Fsp3) is 0.231. The molecule has 0 aliphatic heterocycles. The van der Waals surface area contributed by atoms with Crippen LogP contribution in [0.4, 0.5) is 5.69 Å². The molecular formula is C13H13ClN4O2. The number of benzene rings is 1. The summed E-state index contributed by atoms with van der Waals surface area (Å²) >= 11 is 6.00. The molecule has 0 unspecified atom stereocenters. The normalized spacial score (nSPS) is 10.5. The minimum Gasteiger partial charge on any atom is -0.307 e. The highest BCUT2D eigenvalue weighted by Crippen LogP contribution is 2.25. The van der Waals surface area contributed by atoms with Gasteiger partial charge in [0, 0.05) is 31.5 Å². The van der Waals surface area contributed by atoms with Gasteiger partial charge >= 0.3 is 0 Å². The minimum atomic E-state index is -0.436. The fourth-order valence-corrected chi connectivity index (χ4v) is 1.96. The molecule has 0 bridgehead atoms. The summed E-state index contributed by atoms with van der Waals surface area (Å²) in [5, 5.41) is 14.4. The second kappa shape index (κ2) is 6.40. The molecule has 0 amide bonds. The van der Waals surface area contributed by atoms with E-state index in [-0.39, 0.29) is 5.69 Å². The summed E-state index contributed by atoms with van der Waals surface area (Å²) in [6.45, 7) is 2.62. The number of nitrogens with zero attached hydrogens (tertiary/aromatic N) is 3. The molecule has 0 atom stereocenters. The number of halogens is 1. The first-order chi connectivity index (χ1) is 9.58. The summed E-state index contributed by atoms with van der Waals surface area (Å²) in [5.74, 6) is 0. The molecule has 6 nitrogen and oxygen atoms in total. The number of rotatable bonds is 5. The molecule has 2 aromatic rings. The molecule has 2 rings (SSSR count). The van der Waals surface area contributed by atoms with Crippen LogP contribution in [0.3, 0.4) is 0 Å². The summed E-state index contributed by atoms with van der Waals surface area (Å²) in [6.07, 6.45) is 3.35. The van der Waals surface area contributed by atoms with Crippen molar-refractivity contribution in [1.29, 1.82) is 0 Å². The van der Waals surface area contributed by atoms with Crippen molar-refractivity contribution in [2.75, 3.05) is 0 Å². The van der Waals surface area contributed by atoms with Crippen LogP contribution in [0.25, 0.3) is 0 Å². The predicted octanol–water partition coefficient (Wildman–Crippen LogP) is 2.64. The smallest absolute Gasteiger partial charge is 0.275 e. The molecule has 1 aromatic carbocycles. The quantitative estimate of drug-likeness (QED) is 0.677. The maximum Gasteiger partial charge on any atom is 0.275 e. The van der Waals surface area contributed by atoms with E-state index in [1.807, 2.05) is 6.92 Å². The Balaban J connectivity index is 2.04. The Morgan fingerprint density at radius 1 is 1.30 bits per heavy atom. The molecular weight excluding hydrogens is 280 g/mol. The third kappa shape index (κ3) is 3.49. The topological polar surface area (TPSA) is 81.0 Å². The van der Waals surface area contributed by atoms with Crippen LogP contribution < -0.4 is 5.32 Å². The second-order valence-corrected chi connectivity index (χ2v) is 4.65. The maximum absolute atomic E-state index is 10.9. The number of nitro groups is 1. The Labute approximate surface area is 121 Å². The van der Waals surface area contributed by atoms with Crippen molar-refractivity contribution < 1.29 is 4.92 Å². The first kappa shape index (κ1) is 14.4. The Morgan fingerprint density at radius 2 is 2.10 bits per heavy atom. The third-order valence-electron chi connectivity index (χ3n) is 2.73. The van der Waals surface area contributed by atoms with Gasteiger partial charge in [-0.05, 0) is 13.0 Å². The number of nitrogens with one attached hydrogen (secondary N) is 1. The van der Waals surface area contributed by atoms with Crippen LogP contribution in [-0.2, 0) is 13.1 Å². The van der Waals surface area contributed by atoms with Gasteiger partial charge < -0.3 is 5.32 Å². The van der Waals surface area contributed by atoms with Crippen LogP contribution in [0.2, 0.25) is 5.02 Å². The van der Waals surface area contributed by atoms with E-state index in [1.165, 1.54) is 6.07 Å². The SMILES string of the molecule is Cc1cnc(CNCc2c(Cl)cccc2[N+](=O)[O-])cn1. The van der Waals surface area contributed by atoms with Gasteiger partial charge in [0.15, 0.2) is 0 Å². The summed E-state index contributed by atoms with van der Waals surface area (Å²) < 4.78 is 0. The molecule has 0 fully saturated rings. The van der Waals surface area contributed by atoms with Crippen molar-refractivity contribution in [1.82, 2.24) is 15.3 Å². The molecule has 104 valence electrons. The highest BCUT2D eigenvalue weighted by molar-refractivity contribution is 6.31. The molecule has 7 heteroatoms. The lowest BCUT2D eigenvalue weighted by Crippen LogP contribution is -2.15. The molecule has 0 saturated heterocycles. The van der Waals surface area contributed by atoms with E-state index in [9.17, 15) is 10.1 Å². The van der Waals surface area contributed by atoms with Crippen LogP contribution in [-0.4, -0.2) is 14.9 Å². The summed E-state index contributed by atoms with van der Waals surface area (Å²) in [4.78, 5) is 18.8. The first-order valence-corrected chi connectivity index (χ1v) is 6.35. The van der Waals surface area contributed by atoms with E-state index in [0.717, 1.165) is 11.4 Å². The van der Waals surface area contributed by atoms with Crippen LogP contribution in [0, 0.1) is 17.0 Å². The zero-order valence-corrected chi connectivity index (χ0v) is 11.6. The highest BCUT2D eigenvalue weighted by atomic mass is 35.5. The van der Waals surface area contributed by atoms with E-state index in [1.54, 1.807) is 24.5 Å². The molecule has 0 radical (unpaired) electrons. The predicted molar refractivity (Wildman–Crippen MR) is 75.4 cm³/mol.